The summed E-state index contributed by atoms with van der Waals surface area (Å²) in [6.07, 6.45) is -5.63. The van der Waals surface area contributed by atoms with Crippen molar-refractivity contribution < 1.29 is 32.2 Å². The highest BCUT2D eigenvalue weighted by Gasteiger charge is 2.33. The molecule has 0 unspecified atom stereocenters. The summed E-state index contributed by atoms with van der Waals surface area (Å²) in [7, 11) is 0. The molecule has 9 heteroatoms. The normalized spacial score (nSPS) is 11.3. The van der Waals surface area contributed by atoms with Crippen LogP contribution in [0.3, 0.4) is 0 Å². The number of rotatable bonds is 4. The van der Waals surface area contributed by atoms with Crippen molar-refractivity contribution in [2.75, 3.05) is 5.73 Å². The zero-order valence-corrected chi connectivity index (χ0v) is 8.79. The molecule has 0 fully saturated rings. The molecule has 1 rings (SSSR count). The number of nitrogens with zero attached hydrogens (tertiary/aromatic N) is 1. The van der Waals surface area contributed by atoms with E-state index >= 15 is 0 Å². The number of nitrogens with two attached hydrogens (primary N) is 1. The Morgan fingerprint density at radius 1 is 1.44 bits per heavy atom. The molecule has 18 heavy (non-hydrogen) atoms. The van der Waals surface area contributed by atoms with Crippen LogP contribution < -0.4 is 10.5 Å². The Balaban J connectivity index is 3.14. The van der Waals surface area contributed by atoms with E-state index in [2.05, 4.69) is 9.72 Å². The van der Waals surface area contributed by atoms with Crippen LogP contribution in [-0.2, 0) is 17.9 Å². The van der Waals surface area contributed by atoms with E-state index in [0.717, 1.165) is 0 Å². The monoisotopic (exact) mass is 268 g/mol. The Hall–Kier alpha value is -2.06. The number of aromatic nitrogens is 1. The Kier molecular flexibility index (Phi) is 3.94. The number of nitrogen functional groups attached to an aromatic ring is 1. The van der Waals surface area contributed by atoms with Gasteiger partial charge >= 0.3 is 12.3 Å². The fraction of sp³-hybridized carbons (Fsp3) is 0.333. The van der Waals surface area contributed by atoms with Gasteiger partial charge in [-0.15, -0.1) is 13.2 Å². The number of pyridine rings is 1. The van der Waals surface area contributed by atoms with Gasteiger partial charge in [-0.1, -0.05) is 0 Å². The Labute approximate surface area is 98.2 Å². The molecule has 0 aromatic carbocycles. The molecule has 0 amide bonds. The van der Waals surface area contributed by atoms with Crippen molar-refractivity contribution in [1.82, 2.24) is 4.98 Å². The molecule has 1 aromatic rings. The fourth-order valence-electron chi connectivity index (χ4n) is 1.18. The van der Waals surface area contributed by atoms with E-state index in [1.54, 1.807) is 0 Å². The number of carboxylic acids is 1. The van der Waals surface area contributed by atoms with E-state index < -0.39 is 36.9 Å². The van der Waals surface area contributed by atoms with Crippen LogP contribution >= 0.6 is 0 Å². The highest BCUT2D eigenvalue weighted by atomic mass is 19.4. The molecule has 1 aromatic heterocycles. The summed E-state index contributed by atoms with van der Waals surface area (Å²) in [4.78, 5) is 13.8. The van der Waals surface area contributed by atoms with Crippen molar-refractivity contribution in [2.45, 2.75) is 19.5 Å². The number of halogens is 4. The first kappa shape index (κ1) is 14.0. The molecule has 5 nitrogen and oxygen atoms in total. The lowest BCUT2D eigenvalue weighted by Gasteiger charge is -2.13. The summed E-state index contributed by atoms with van der Waals surface area (Å²) >= 11 is 0. The van der Waals surface area contributed by atoms with E-state index in [0.29, 0.717) is 6.07 Å². The second kappa shape index (κ2) is 5.07. The van der Waals surface area contributed by atoms with Crippen molar-refractivity contribution in [3.63, 3.8) is 0 Å². The number of ether oxygens (including phenoxy) is 1. The van der Waals surface area contributed by atoms with Crippen molar-refractivity contribution in [1.29, 1.82) is 0 Å². The van der Waals surface area contributed by atoms with Gasteiger partial charge in [0.15, 0.2) is 5.75 Å². The van der Waals surface area contributed by atoms with E-state index in [-0.39, 0.29) is 11.4 Å². The van der Waals surface area contributed by atoms with E-state index in [1.165, 1.54) is 0 Å². The molecule has 0 radical (unpaired) electrons. The van der Waals surface area contributed by atoms with Crippen molar-refractivity contribution >= 4 is 11.7 Å². The lowest BCUT2D eigenvalue weighted by Crippen LogP contribution is -2.19. The van der Waals surface area contributed by atoms with Gasteiger partial charge in [-0.25, -0.2) is 9.37 Å². The molecule has 0 bridgehead atoms. The van der Waals surface area contributed by atoms with Crippen LogP contribution in [0.4, 0.5) is 23.2 Å². The fourth-order valence-corrected chi connectivity index (χ4v) is 1.18. The molecule has 100 valence electrons. The third-order valence-electron chi connectivity index (χ3n) is 1.85. The van der Waals surface area contributed by atoms with Gasteiger partial charge in [0.2, 0.25) is 0 Å². The molecule has 0 saturated heterocycles. The third-order valence-corrected chi connectivity index (χ3v) is 1.85. The predicted molar refractivity (Wildman–Crippen MR) is 51.5 cm³/mol. The van der Waals surface area contributed by atoms with Crippen molar-refractivity contribution in [2.24, 2.45) is 0 Å². The lowest BCUT2D eigenvalue weighted by molar-refractivity contribution is -0.275. The molecule has 0 aliphatic carbocycles. The number of alkyl halides is 4. The first-order valence-corrected chi connectivity index (χ1v) is 4.54. The first-order chi connectivity index (χ1) is 8.23. The smallest absolute Gasteiger partial charge is 0.481 e. The van der Waals surface area contributed by atoms with E-state index in [4.69, 9.17) is 10.8 Å². The Bertz CT molecular complexity index is 462. The molecule has 0 atom stereocenters. The van der Waals surface area contributed by atoms with Gasteiger partial charge in [0.05, 0.1) is 17.8 Å². The summed E-state index contributed by atoms with van der Waals surface area (Å²) < 4.78 is 52.0. The average Bonchev–Trinajstić information content (AvgIpc) is 2.19. The SMILES string of the molecule is Nc1cc(OC(F)(F)F)c(CF)nc1CC(=O)O. The van der Waals surface area contributed by atoms with Crippen LogP contribution in [-0.4, -0.2) is 22.4 Å². The van der Waals surface area contributed by atoms with Gasteiger partial charge < -0.3 is 15.6 Å². The second-order valence-electron chi connectivity index (χ2n) is 3.22. The van der Waals surface area contributed by atoms with Gasteiger partial charge in [0, 0.05) is 6.07 Å². The minimum absolute atomic E-state index is 0.218. The van der Waals surface area contributed by atoms with Crippen LogP contribution in [0.15, 0.2) is 6.07 Å². The maximum atomic E-state index is 12.5. The zero-order chi connectivity index (χ0) is 13.9. The highest BCUT2D eigenvalue weighted by Crippen LogP contribution is 2.29. The van der Waals surface area contributed by atoms with Crippen LogP contribution in [0.2, 0.25) is 0 Å². The van der Waals surface area contributed by atoms with Gasteiger partial charge in [0.1, 0.15) is 12.4 Å². The number of carbonyl (C=O) groups is 1. The number of anilines is 1. The van der Waals surface area contributed by atoms with E-state index in [9.17, 15) is 22.4 Å². The quantitative estimate of drug-likeness (QED) is 0.811. The second-order valence-corrected chi connectivity index (χ2v) is 3.22. The summed E-state index contributed by atoms with van der Waals surface area (Å²) in [5.41, 5.74) is 4.13. The van der Waals surface area contributed by atoms with Crippen molar-refractivity contribution in [3.05, 3.63) is 17.5 Å². The summed E-state index contributed by atoms with van der Waals surface area (Å²) in [5, 5.41) is 8.51. The number of carboxylic acid groups (broad SMARTS) is 1. The number of aliphatic carboxylic acids is 1. The minimum atomic E-state index is -5.01. The number of hydrogen-bond acceptors (Lipinski definition) is 4. The minimum Gasteiger partial charge on any atom is -0.481 e. The maximum Gasteiger partial charge on any atom is 0.573 e. The molecule has 1 heterocycles. The molecule has 0 spiro atoms. The van der Waals surface area contributed by atoms with Crippen LogP contribution in [0.5, 0.6) is 5.75 Å². The van der Waals surface area contributed by atoms with Gasteiger partial charge in [0.25, 0.3) is 0 Å². The molecular weight excluding hydrogens is 260 g/mol. The maximum absolute atomic E-state index is 12.5. The lowest BCUT2D eigenvalue weighted by atomic mass is 10.2. The van der Waals surface area contributed by atoms with E-state index in [1.807, 2.05) is 0 Å². The molecule has 0 aliphatic rings. The van der Waals surface area contributed by atoms with Crippen LogP contribution in [0, 0.1) is 0 Å². The standard InChI is InChI=1S/C9H8F4N2O3/c10-3-6-7(18-9(11,12)13)1-4(14)5(15-6)2-8(16)17/h1H,2-3,14H2,(H,16,17). The van der Waals surface area contributed by atoms with Gasteiger partial charge in [-0.05, 0) is 0 Å². The van der Waals surface area contributed by atoms with Gasteiger partial charge in [-0.2, -0.15) is 0 Å². The molecule has 3 N–H and O–H groups in total. The average molecular weight is 268 g/mol. The van der Waals surface area contributed by atoms with Crippen LogP contribution in [0.25, 0.3) is 0 Å². The Morgan fingerprint density at radius 3 is 2.50 bits per heavy atom. The van der Waals surface area contributed by atoms with Crippen LogP contribution in [0.1, 0.15) is 11.4 Å². The van der Waals surface area contributed by atoms with Gasteiger partial charge in [-0.3, -0.25) is 4.79 Å². The first-order valence-electron chi connectivity index (χ1n) is 4.54. The summed E-state index contributed by atoms with van der Waals surface area (Å²) in [5.74, 6) is -2.17. The molecule has 0 saturated carbocycles. The molecular formula is C9H8F4N2O3. The third kappa shape index (κ3) is 3.75. The Morgan fingerprint density at radius 2 is 2.06 bits per heavy atom. The summed E-state index contributed by atoms with van der Waals surface area (Å²) in [6, 6.07) is 0.702. The number of hydrogen-bond donors (Lipinski definition) is 2. The predicted octanol–water partition coefficient (Wildman–Crippen LogP) is 1.66. The van der Waals surface area contributed by atoms with Crippen molar-refractivity contribution in [3.8, 4) is 5.75 Å². The summed E-state index contributed by atoms with van der Waals surface area (Å²) in [6.45, 7) is -1.34. The zero-order valence-electron chi connectivity index (χ0n) is 8.79. The largest absolute Gasteiger partial charge is 0.573 e. The highest BCUT2D eigenvalue weighted by molar-refractivity contribution is 5.72. The topological polar surface area (TPSA) is 85.4 Å². The molecule has 0 aliphatic heterocycles.